The van der Waals surface area contributed by atoms with Crippen LogP contribution in [0.4, 0.5) is 10.1 Å². The Kier molecular flexibility index (Phi) is 4.10. The van der Waals surface area contributed by atoms with Gasteiger partial charge in [-0.05, 0) is 36.8 Å². The fraction of sp³-hybridized carbons (Fsp3) is 0.0667. The van der Waals surface area contributed by atoms with Crippen molar-refractivity contribution < 1.29 is 9.18 Å². The third-order valence-electron chi connectivity index (χ3n) is 2.85. The Bertz CT molecular complexity index is 685. The molecular formula is C15H13FN2OS. The molecule has 0 heterocycles. The van der Waals surface area contributed by atoms with Crippen molar-refractivity contribution in [3.05, 3.63) is 65.0 Å². The van der Waals surface area contributed by atoms with Gasteiger partial charge in [-0.2, -0.15) is 0 Å². The highest BCUT2D eigenvalue weighted by molar-refractivity contribution is 7.80. The molecule has 0 fully saturated rings. The van der Waals surface area contributed by atoms with Crippen LogP contribution in [-0.4, -0.2) is 10.9 Å². The molecule has 2 rings (SSSR count). The Labute approximate surface area is 121 Å². The molecule has 0 saturated carbocycles. The fourth-order valence-corrected chi connectivity index (χ4v) is 1.91. The van der Waals surface area contributed by atoms with Gasteiger partial charge in [-0.1, -0.05) is 30.4 Å². The molecule has 0 atom stereocenters. The number of halogens is 1. The molecule has 2 aromatic rings. The van der Waals surface area contributed by atoms with Crippen molar-refractivity contribution in [1.82, 2.24) is 0 Å². The number of thiocarbonyl (C=S) groups is 1. The Balaban J connectivity index is 2.25. The summed E-state index contributed by atoms with van der Waals surface area (Å²) in [5, 5.41) is 2.70. The highest BCUT2D eigenvalue weighted by Crippen LogP contribution is 2.15. The van der Waals surface area contributed by atoms with Crippen molar-refractivity contribution in [2.75, 3.05) is 5.32 Å². The Morgan fingerprint density at radius 3 is 2.70 bits per heavy atom. The normalized spacial score (nSPS) is 10.1. The van der Waals surface area contributed by atoms with Gasteiger partial charge in [-0.3, -0.25) is 4.79 Å². The van der Waals surface area contributed by atoms with Gasteiger partial charge in [0.2, 0.25) is 0 Å². The number of carbonyl (C=O) groups is 1. The molecular weight excluding hydrogens is 275 g/mol. The molecule has 3 nitrogen and oxygen atoms in total. The van der Waals surface area contributed by atoms with Crippen LogP contribution in [0.3, 0.4) is 0 Å². The minimum absolute atomic E-state index is 0.253. The summed E-state index contributed by atoms with van der Waals surface area (Å²) >= 11 is 4.88. The first-order chi connectivity index (χ1) is 9.47. The second kappa shape index (κ2) is 5.79. The molecule has 0 spiro atoms. The van der Waals surface area contributed by atoms with E-state index >= 15 is 0 Å². The van der Waals surface area contributed by atoms with Crippen LogP contribution >= 0.6 is 12.2 Å². The van der Waals surface area contributed by atoms with Gasteiger partial charge in [0, 0.05) is 16.8 Å². The van der Waals surface area contributed by atoms with E-state index in [2.05, 4.69) is 5.32 Å². The minimum atomic E-state index is -0.447. The second-order valence-corrected chi connectivity index (χ2v) is 4.80. The molecule has 0 aliphatic heterocycles. The first-order valence-corrected chi connectivity index (χ1v) is 6.35. The van der Waals surface area contributed by atoms with E-state index in [4.69, 9.17) is 18.0 Å². The van der Waals surface area contributed by atoms with Gasteiger partial charge in [0.05, 0.1) is 0 Å². The van der Waals surface area contributed by atoms with Gasteiger partial charge in [0.15, 0.2) is 0 Å². The van der Waals surface area contributed by atoms with Crippen LogP contribution in [-0.2, 0) is 0 Å². The lowest BCUT2D eigenvalue weighted by molar-refractivity contribution is 0.102. The molecule has 0 radical (unpaired) electrons. The van der Waals surface area contributed by atoms with Crippen molar-refractivity contribution in [1.29, 1.82) is 0 Å². The van der Waals surface area contributed by atoms with Crippen molar-refractivity contribution in [3.63, 3.8) is 0 Å². The molecule has 0 unspecified atom stereocenters. The lowest BCUT2D eigenvalue weighted by atomic mass is 10.1. The second-order valence-electron chi connectivity index (χ2n) is 4.36. The molecule has 102 valence electrons. The third-order valence-corrected chi connectivity index (χ3v) is 3.08. The van der Waals surface area contributed by atoms with E-state index in [9.17, 15) is 9.18 Å². The van der Waals surface area contributed by atoms with Gasteiger partial charge in [0.25, 0.3) is 5.91 Å². The van der Waals surface area contributed by atoms with Crippen LogP contribution in [0, 0.1) is 12.7 Å². The average molecular weight is 288 g/mol. The van der Waals surface area contributed by atoms with E-state index in [0.717, 1.165) is 0 Å². The summed E-state index contributed by atoms with van der Waals surface area (Å²) in [5.74, 6) is -0.820. The number of hydrogen-bond donors (Lipinski definition) is 2. The zero-order valence-corrected chi connectivity index (χ0v) is 11.6. The maximum atomic E-state index is 13.2. The van der Waals surface area contributed by atoms with Gasteiger partial charge in [-0.15, -0.1) is 0 Å². The molecule has 0 aliphatic rings. The molecule has 0 saturated heterocycles. The average Bonchev–Trinajstić information content (AvgIpc) is 2.41. The van der Waals surface area contributed by atoms with Crippen molar-refractivity contribution in [3.8, 4) is 0 Å². The summed E-state index contributed by atoms with van der Waals surface area (Å²) in [4.78, 5) is 12.4. The maximum Gasteiger partial charge on any atom is 0.256 e. The molecule has 0 aromatic heterocycles. The number of anilines is 1. The number of nitrogens with two attached hydrogens (primary N) is 1. The number of nitrogens with one attached hydrogen (secondary N) is 1. The van der Waals surface area contributed by atoms with Crippen LogP contribution in [0.25, 0.3) is 0 Å². The van der Waals surface area contributed by atoms with E-state index < -0.39 is 5.82 Å². The molecule has 20 heavy (non-hydrogen) atoms. The van der Waals surface area contributed by atoms with Crippen LogP contribution in [0.5, 0.6) is 0 Å². The first kappa shape index (κ1) is 14.1. The topological polar surface area (TPSA) is 55.1 Å². The monoisotopic (exact) mass is 288 g/mol. The highest BCUT2D eigenvalue weighted by Gasteiger charge is 2.10. The summed E-state index contributed by atoms with van der Waals surface area (Å²) in [6.45, 7) is 1.75. The third kappa shape index (κ3) is 3.19. The van der Waals surface area contributed by atoms with E-state index in [1.54, 1.807) is 37.3 Å². The van der Waals surface area contributed by atoms with Crippen molar-refractivity contribution in [2.24, 2.45) is 5.73 Å². The quantitative estimate of drug-likeness (QED) is 0.854. The maximum absolute atomic E-state index is 13.2. The summed E-state index contributed by atoms with van der Waals surface area (Å²) in [7, 11) is 0. The van der Waals surface area contributed by atoms with Crippen molar-refractivity contribution >= 4 is 28.8 Å². The van der Waals surface area contributed by atoms with E-state index in [1.165, 1.54) is 12.1 Å². The molecule has 0 bridgehead atoms. The van der Waals surface area contributed by atoms with E-state index in [0.29, 0.717) is 22.4 Å². The number of aryl methyl sites for hydroxylation is 1. The van der Waals surface area contributed by atoms with Crippen LogP contribution in [0.1, 0.15) is 21.5 Å². The number of amides is 1. The predicted molar refractivity (Wildman–Crippen MR) is 81.4 cm³/mol. The summed E-state index contributed by atoms with van der Waals surface area (Å²) in [6, 6.07) is 11.0. The highest BCUT2D eigenvalue weighted by atomic mass is 32.1. The Hall–Kier alpha value is -2.27. The number of rotatable bonds is 3. The van der Waals surface area contributed by atoms with Gasteiger partial charge in [0.1, 0.15) is 10.8 Å². The van der Waals surface area contributed by atoms with E-state index in [1.807, 2.05) is 0 Å². The first-order valence-electron chi connectivity index (χ1n) is 5.95. The summed E-state index contributed by atoms with van der Waals surface area (Å²) < 4.78 is 13.2. The lowest BCUT2D eigenvalue weighted by Gasteiger charge is -2.09. The Morgan fingerprint density at radius 2 is 2.00 bits per heavy atom. The van der Waals surface area contributed by atoms with Gasteiger partial charge >= 0.3 is 0 Å². The molecule has 3 N–H and O–H groups in total. The predicted octanol–water partition coefficient (Wildman–Crippen LogP) is 3.02. The van der Waals surface area contributed by atoms with Crippen LogP contribution < -0.4 is 11.1 Å². The van der Waals surface area contributed by atoms with Crippen molar-refractivity contribution in [2.45, 2.75) is 6.92 Å². The molecule has 1 amide bonds. The zero-order chi connectivity index (χ0) is 14.7. The van der Waals surface area contributed by atoms with Crippen LogP contribution in [0.15, 0.2) is 42.5 Å². The number of carbonyl (C=O) groups excluding carboxylic acids is 1. The summed E-state index contributed by atoms with van der Waals surface area (Å²) in [5.41, 5.74) is 7.76. The number of benzene rings is 2. The van der Waals surface area contributed by atoms with Gasteiger partial charge < -0.3 is 11.1 Å². The minimum Gasteiger partial charge on any atom is -0.389 e. The Morgan fingerprint density at radius 1 is 1.25 bits per heavy atom. The number of hydrogen-bond acceptors (Lipinski definition) is 2. The zero-order valence-electron chi connectivity index (χ0n) is 10.8. The van der Waals surface area contributed by atoms with Gasteiger partial charge in [-0.25, -0.2) is 4.39 Å². The fourth-order valence-electron chi connectivity index (χ4n) is 1.79. The van der Waals surface area contributed by atoms with Crippen LogP contribution in [0.2, 0.25) is 0 Å². The van der Waals surface area contributed by atoms with E-state index in [-0.39, 0.29) is 10.9 Å². The largest absolute Gasteiger partial charge is 0.389 e. The summed E-state index contributed by atoms with van der Waals surface area (Å²) in [6.07, 6.45) is 0. The molecule has 5 heteroatoms. The lowest BCUT2D eigenvalue weighted by Crippen LogP contribution is -2.15. The molecule has 0 aliphatic carbocycles. The standard InChI is InChI=1S/C15H13FN2OS/c1-9-5-6-11(16)8-13(9)15(19)18-12-4-2-3-10(7-12)14(17)20/h2-8H,1H3,(H2,17,20)(H,18,19). The smallest absolute Gasteiger partial charge is 0.256 e. The SMILES string of the molecule is Cc1ccc(F)cc1C(=O)Nc1cccc(C(N)=S)c1. The molecule has 2 aromatic carbocycles.